The number of rotatable bonds is 6. The number of aromatic nitrogens is 7. The van der Waals surface area contributed by atoms with Gasteiger partial charge in [0.15, 0.2) is 22.8 Å². The lowest BCUT2D eigenvalue weighted by Crippen LogP contribution is -2.36. The molecule has 184 valence electrons. The average Bonchev–Trinajstić information content (AvgIpc) is 3.71. The summed E-state index contributed by atoms with van der Waals surface area (Å²) in [5.41, 5.74) is 5.21. The number of morpholine rings is 1. The van der Waals surface area contributed by atoms with Gasteiger partial charge in [-0.3, -0.25) is 4.57 Å². The zero-order valence-corrected chi connectivity index (χ0v) is 20.6. The van der Waals surface area contributed by atoms with Crippen LogP contribution >= 0.6 is 11.3 Å². The number of benzene rings is 1. The smallest absolute Gasteiger partial charge is 0.170 e. The Labute approximate surface area is 216 Å². The predicted molar refractivity (Wildman–Crippen MR) is 144 cm³/mol. The van der Waals surface area contributed by atoms with Crippen LogP contribution in [-0.4, -0.2) is 60.8 Å². The van der Waals surface area contributed by atoms with Crippen molar-refractivity contribution in [1.82, 2.24) is 34.5 Å². The molecule has 2 N–H and O–H groups in total. The molecular formula is C26H23N9OS. The molecule has 0 radical (unpaired) electrons. The summed E-state index contributed by atoms with van der Waals surface area (Å²) < 4.78 is 7.45. The summed E-state index contributed by atoms with van der Waals surface area (Å²) >= 11 is 1.63. The van der Waals surface area contributed by atoms with Crippen LogP contribution in [0.5, 0.6) is 0 Å². The molecule has 37 heavy (non-hydrogen) atoms. The Kier molecular flexibility index (Phi) is 5.48. The topological polar surface area (TPSA) is 110 Å². The van der Waals surface area contributed by atoms with E-state index in [0.717, 1.165) is 65.9 Å². The highest BCUT2D eigenvalue weighted by Gasteiger charge is 2.18. The lowest BCUT2D eigenvalue weighted by atomic mass is 10.2. The minimum atomic E-state index is 0.472. The quantitative estimate of drug-likeness (QED) is 0.343. The third-order valence-corrected chi connectivity index (χ3v) is 7.05. The Morgan fingerprint density at radius 1 is 1.00 bits per heavy atom. The number of pyridine rings is 1. The molecule has 11 heteroatoms. The monoisotopic (exact) mass is 509 g/mol. The van der Waals surface area contributed by atoms with Crippen LogP contribution in [0.1, 0.15) is 5.82 Å². The van der Waals surface area contributed by atoms with Crippen molar-refractivity contribution in [2.24, 2.45) is 0 Å². The fourth-order valence-electron chi connectivity index (χ4n) is 4.49. The fourth-order valence-corrected chi connectivity index (χ4v) is 5.12. The third kappa shape index (κ3) is 4.17. The molecule has 0 atom stereocenters. The molecule has 10 nitrogen and oxygen atoms in total. The summed E-state index contributed by atoms with van der Waals surface area (Å²) in [7, 11) is 0. The van der Waals surface area contributed by atoms with E-state index in [1.54, 1.807) is 17.7 Å². The summed E-state index contributed by atoms with van der Waals surface area (Å²) in [6, 6.07) is 14.1. The Bertz CT molecular complexity index is 1640. The first kappa shape index (κ1) is 21.9. The Hall–Kier alpha value is -4.35. The third-order valence-electron chi connectivity index (χ3n) is 6.38. The van der Waals surface area contributed by atoms with Crippen molar-refractivity contribution in [2.75, 3.05) is 36.5 Å². The fraction of sp³-hybridized carbons (Fsp3) is 0.192. The molecule has 0 amide bonds. The highest BCUT2D eigenvalue weighted by atomic mass is 32.1. The lowest BCUT2D eigenvalue weighted by Gasteiger charge is -2.27. The van der Waals surface area contributed by atoms with Gasteiger partial charge < -0.3 is 19.9 Å². The number of anilines is 2. The molecular weight excluding hydrogens is 486 g/mol. The first-order valence-corrected chi connectivity index (χ1v) is 13.0. The second-order valence-corrected chi connectivity index (χ2v) is 9.50. The summed E-state index contributed by atoms with van der Waals surface area (Å²) in [6.07, 6.45) is 3.62. The van der Waals surface area contributed by atoms with Crippen LogP contribution in [0.3, 0.4) is 0 Å². The molecule has 0 unspecified atom stereocenters. The second-order valence-electron chi connectivity index (χ2n) is 8.72. The van der Waals surface area contributed by atoms with Crippen molar-refractivity contribution in [2.45, 2.75) is 6.54 Å². The summed E-state index contributed by atoms with van der Waals surface area (Å²) in [5, 5.41) is 7.55. The molecule has 0 saturated carbocycles. The molecule has 1 aliphatic heterocycles. The van der Waals surface area contributed by atoms with Crippen LogP contribution in [0, 0.1) is 0 Å². The number of imidazole rings is 2. The van der Waals surface area contributed by atoms with Gasteiger partial charge in [0.1, 0.15) is 18.0 Å². The largest absolute Gasteiger partial charge is 0.378 e. The highest BCUT2D eigenvalue weighted by molar-refractivity contribution is 7.08. The zero-order valence-electron chi connectivity index (χ0n) is 19.8. The number of aromatic amines is 1. The van der Waals surface area contributed by atoms with Gasteiger partial charge in [0, 0.05) is 30.2 Å². The zero-order chi connectivity index (χ0) is 24.6. The first-order chi connectivity index (χ1) is 18.3. The minimum Gasteiger partial charge on any atom is -0.378 e. The van der Waals surface area contributed by atoms with Gasteiger partial charge in [-0.15, -0.1) is 0 Å². The standard InChI is InChI=1S/C26H23N9OS/c1-2-4-20-19(3-1)30-21(31-20)14-28-25-23-26(35(16-29-23)18-7-12-37-15-18)33-24(32-25)17-5-6-22(27-13-17)34-8-10-36-11-9-34/h1-7,12-13,15-16H,8-11,14H2,(H,30,31)(H,28,32,33). The number of nitrogens with one attached hydrogen (secondary N) is 2. The normalized spacial score (nSPS) is 14.0. The van der Waals surface area contributed by atoms with Gasteiger partial charge in [-0.1, -0.05) is 12.1 Å². The van der Waals surface area contributed by atoms with E-state index in [2.05, 4.69) is 30.5 Å². The van der Waals surface area contributed by atoms with Crippen LogP contribution in [0.15, 0.2) is 65.7 Å². The van der Waals surface area contributed by atoms with Crippen molar-refractivity contribution in [3.8, 4) is 17.1 Å². The van der Waals surface area contributed by atoms with Crippen molar-refractivity contribution < 1.29 is 4.74 Å². The predicted octanol–water partition coefficient (Wildman–Crippen LogP) is 4.26. The summed E-state index contributed by atoms with van der Waals surface area (Å²) in [4.78, 5) is 29.4. The molecule has 0 bridgehead atoms. The van der Waals surface area contributed by atoms with Crippen LogP contribution in [0.4, 0.5) is 11.6 Å². The SMILES string of the molecule is c1ccc2[nH]c(CNc3nc(-c4ccc(N5CCOCC5)nc4)nc4c3ncn4-c3ccsc3)nc2c1. The number of ether oxygens (including phenoxy) is 1. The van der Waals surface area contributed by atoms with E-state index in [1.165, 1.54) is 0 Å². The maximum absolute atomic E-state index is 5.46. The van der Waals surface area contributed by atoms with E-state index in [0.29, 0.717) is 23.7 Å². The number of thiophene rings is 1. The molecule has 7 rings (SSSR count). The second kappa shape index (κ2) is 9.26. The molecule has 5 aromatic heterocycles. The summed E-state index contributed by atoms with van der Waals surface area (Å²) in [5.74, 6) is 2.98. The van der Waals surface area contributed by atoms with Crippen LogP contribution in [0.25, 0.3) is 39.3 Å². The van der Waals surface area contributed by atoms with Crippen molar-refractivity contribution in [1.29, 1.82) is 0 Å². The summed E-state index contributed by atoms with van der Waals surface area (Å²) in [6.45, 7) is 3.58. The number of hydrogen-bond acceptors (Lipinski definition) is 9. The Morgan fingerprint density at radius 2 is 1.92 bits per heavy atom. The van der Waals surface area contributed by atoms with Gasteiger partial charge >= 0.3 is 0 Å². The number of para-hydroxylation sites is 2. The molecule has 0 aliphatic carbocycles. The molecule has 6 aromatic rings. The van der Waals surface area contributed by atoms with Gasteiger partial charge in [-0.05, 0) is 35.7 Å². The minimum absolute atomic E-state index is 0.472. The number of fused-ring (bicyclic) bond motifs is 2. The van der Waals surface area contributed by atoms with Gasteiger partial charge in [0.05, 0.1) is 36.5 Å². The van der Waals surface area contributed by atoms with Gasteiger partial charge in [-0.25, -0.2) is 24.9 Å². The Morgan fingerprint density at radius 3 is 2.73 bits per heavy atom. The number of nitrogens with zero attached hydrogens (tertiary/aromatic N) is 7. The van der Waals surface area contributed by atoms with E-state index in [4.69, 9.17) is 19.7 Å². The van der Waals surface area contributed by atoms with Gasteiger partial charge in [0.2, 0.25) is 0 Å². The van der Waals surface area contributed by atoms with E-state index in [1.807, 2.05) is 58.6 Å². The molecule has 1 aromatic carbocycles. The Balaban J connectivity index is 1.26. The maximum Gasteiger partial charge on any atom is 0.170 e. The average molecular weight is 510 g/mol. The maximum atomic E-state index is 5.46. The number of H-pyrrole nitrogens is 1. The molecule has 0 spiro atoms. The van der Waals surface area contributed by atoms with Crippen molar-refractivity contribution in [3.63, 3.8) is 0 Å². The van der Waals surface area contributed by atoms with Crippen molar-refractivity contribution >= 4 is 45.2 Å². The van der Waals surface area contributed by atoms with Crippen LogP contribution in [0.2, 0.25) is 0 Å². The van der Waals surface area contributed by atoms with Gasteiger partial charge in [0.25, 0.3) is 0 Å². The molecule has 1 aliphatic rings. The molecule has 1 fully saturated rings. The van der Waals surface area contributed by atoms with Gasteiger partial charge in [-0.2, -0.15) is 11.3 Å². The van der Waals surface area contributed by atoms with Crippen LogP contribution in [-0.2, 0) is 11.3 Å². The number of hydrogen-bond donors (Lipinski definition) is 2. The molecule has 6 heterocycles. The van der Waals surface area contributed by atoms with E-state index in [-0.39, 0.29) is 0 Å². The lowest BCUT2D eigenvalue weighted by molar-refractivity contribution is 0.122. The van der Waals surface area contributed by atoms with E-state index >= 15 is 0 Å². The van der Waals surface area contributed by atoms with E-state index in [9.17, 15) is 0 Å². The molecule has 1 saturated heterocycles. The van der Waals surface area contributed by atoms with Crippen LogP contribution < -0.4 is 10.2 Å². The highest BCUT2D eigenvalue weighted by Crippen LogP contribution is 2.28. The van der Waals surface area contributed by atoms with Crippen molar-refractivity contribution in [3.05, 3.63) is 71.6 Å². The van der Waals surface area contributed by atoms with E-state index < -0.39 is 0 Å². The first-order valence-electron chi connectivity index (χ1n) is 12.1.